The predicted molar refractivity (Wildman–Crippen MR) is 100 cm³/mol. The lowest BCUT2D eigenvalue weighted by molar-refractivity contribution is -0.192. The number of carboxylic acids is 1. The molecule has 0 unspecified atom stereocenters. The molecule has 3 atom stereocenters. The van der Waals surface area contributed by atoms with Crippen molar-refractivity contribution < 1.29 is 32.6 Å². The second kappa shape index (κ2) is 9.44. The van der Waals surface area contributed by atoms with Crippen LogP contribution in [0, 0.1) is 17.8 Å². The molecule has 1 aromatic rings. The monoisotopic (exact) mass is 434 g/mol. The lowest BCUT2D eigenvalue weighted by Crippen LogP contribution is -2.38. The first-order valence-electron chi connectivity index (χ1n) is 9.64. The number of aliphatic carboxylic acids is 1. The van der Waals surface area contributed by atoms with Crippen LogP contribution >= 0.6 is 11.3 Å². The van der Waals surface area contributed by atoms with Crippen LogP contribution < -0.4 is 5.32 Å². The third-order valence-corrected chi connectivity index (χ3v) is 6.29. The molecule has 0 aromatic carbocycles. The normalized spacial score (nSPS) is 26.9. The van der Waals surface area contributed by atoms with Crippen molar-refractivity contribution >= 4 is 23.2 Å². The number of hydrogen-bond acceptors (Lipinski definition) is 5. The molecule has 0 spiro atoms. The van der Waals surface area contributed by atoms with Crippen LogP contribution in [0.4, 0.5) is 13.2 Å². The van der Waals surface area contributed by atoms with E-state index in [4.69, 9.17) is 14.6 Å². The van der Waals surface area contributed by atoms with Crippen molar-refractivity contribution in [2.75, 3.05) is 26.3 Å². The Bertz CT molecular complexity index is 694. The topological polar surface area (TPSA) is 78.9 Å². The van der Waals surface area contributed by atoms with Gasteiger partial charge in [-0.25, -0.2) is 4.79 Å². The fourth-order valence-corrected chi connectivity index (χ4v) is 4.65. The minimum absolute atomic E-state index is 0.230. The number of carboxylic acid groups (broad SMARTS) is 1. The molecule has 2 aliphatic heterocycles. The van der Waals surface area contributed by atoms with Crippen molar-refractivity contribution in [3.63, 3.8) is 0 Å². The maximum absolute atomic E-state index is 12.1. The molecular formula is C19H25F3N2O4S. The number of likely N-dealkylation sites (tertiary alicyclic amines) is 1. The Morgan fingerprint density at radius 1 is 1.28 bits per heavy atom. The van der Waals surface area contributed by atoms with Gasteiger partial charge < -0.3 is 15.2 Å². The second-order valence-corrected chi connectivity index (χ2v) is 8.88. The van der Waals surface area contributed by atoms with Crippen LogP contribution in [0.25, 0.3) is 0 Å². The van der Waals surface area contributed by atoms with Crippen molar-refractivity contribution in [3.8, 4) is 0 Å². The maximum Gasteiger partial charge on any atom is 0.490 e. The molecule has 162 valence electrons. The molecule has 4 rings (SSSR count). The Balaban J connectivity index is 0.000000298. The van der Waals surface area contributed by atoms with Gasteiger partial charge in [-0.1, -0.05) is 6.07 Å². The number of rotatable bonds is 5. The number of ether oxygens (including phenoxy) is 1. The van der Waals surface area contributed by atoms with Gasteiger partial charge in [0.25, 0.3) is 0 Å². The summed E-state index contributed by atoms with van der Waals surface area (Å²) in [6.07, 6.45) is -2.12. The summed E-state index contributed by atoms with van der Waals surface area (Å²) in [5, 5.41) is 12.4. The minimum Gasteiger partial charge on any atom is -0.475 e. The van der Waals surface area contributed by atoms with E-state index in [1.165, 1.54) is 4.88 Å². The summed E-state index contributed by atoms with van der Waals surface area (Å²) in [6.45, 7) is 4.90. The van der Waals surface area contributed by atoms with Gasteiger partial charge in [-0.05, 0) is 42.0 Å². The number of hydrogen-bond donors (Lipinski definition) is 2. The summed E-state index contributed by atoms with van der Waals surface area (Å²) in [4.78, 5) is 25.0. The van der Waals surface area contributed by atoms with E-state index in [0.29, 0.717) is 30.2 Å². The van der Waals surface area contributed by atoms with E-state index in [1.54, 1.807) is 0 Å². The Labute approximate surface area is 171 Å². The first-order chi connectivity index (χ1) is 13.7. The highest BCUT2D eigenvalue weighted by Gasteiger charge is 2.42. The van der Waals surface area contributed by atoms with E-state index in [9.17, 15) is 18.0 Å². The van der Waals surface area contributed by atoms with Gasteiger partial charge in [0.1, 0.15) is 0 Å². The molecule has 1 aromatic heterocycles. The lowest BCUT2D eigenvalue weighted by atomic mass is 9.81. The van der Waals surface area contributed by atoms with Crippen LogP contribution in [-0.4, -0.2) is 60.4 Å². The largest absolute Gasteiger partial charge is 0.490 e. The smallest absolute Gasteiger partial charge is 0.475 e. The molecule has 10 heteroatoms. The zero-order valence-corrected chi connectivity index (χ0v) is 16.7. The van der Waals surface area contributed by atoms with Crippen molar-refractivity contribution in [2.24, 2.45) is 17.8 Å². The van der Waals surface area contributed by atoms with Gasteiger partial charge in [0.05, 0.1) is 13.2 Å². The van der Waals surface area contributed by atoms with Crippen LogP contribution in [0.5, 0.6) is 0 Å². The molecule has 1 amide bonds. The first kappa shape index (κ1) is 22.0. The van der Waals surface area contributed by atoms with Crippen LogP contribution in [0.1, 0.15) is 24.1 Å². The summed E-state index contributed by atoms with van der Waals surface area (Å²) in [5.41, 5.74) is 0. The number of nitrogens with one attached hydrogen (secondary N) is 1. The van der Waals surface area contributed by atoms with E-state index in [0.717, 1.165) is 45.7 Å². The van der Waals surface area contributed by atoms with Crippen molar-refractivity contribution in [2.45, 2.75) is 38.0 Å². The van der Waals surface area contributed by atoms with E-state index < -0.39 is 12.1 Å². The van der Waals surface area contributed by atoms with Gasteiger partial charge in [-0.15, -0.1) is 11.3 Å². The third-order valence-electron chi connectivity index (χ3n) is 5.43. The average Bonchev–Trinajstić information content (AvgIpc) is 3.13. The molecule has 3 fully saturated rings. The summed E-state index contributed by atoms with van der Waals surface area (Å²) < 4.78 is 37.5. The van der Waals surface area contributed by atoms with Crippen LogP contribution in [0.3, 0.4) is 0 Å². The first-order valence-corrected chi connectivity index (χ1v) is 10.5. The van der Waals surface area contributed by atoms with Crippen molar-refractivity contribution in [1.82, 2.24) is 10.2 Å². The molecule has 3 heterocycles. The maximum atomic E-state index is 12.1. The lowest BCUT2D eigenvalue weighted by Gasteiger charge is -2.32. The van der Waals surface area contributed by atoms with Gasteiger partial charge in [-0.3, -0.25) is 9.69 Å². The molecule has 1 aliphatic carbocycles. The zero-order chi connectivity index (χ0) is 21.0. The van der Waals surface area contributed by atoms with Crippen LogP contribution in [0.15, 0.2) is 17.5 Å². The van der Waals surface area contributed by atoms with Crippen molar-refractivity contribution in [3.05, 3.63) is 22.4 Å². The molecule has 1 saturated carbocycles. The molecular weight excluding hydrogens is 409 g/mol. The van der Waals surface area contributed by atoms with E-state index in [-0.39, 0.29) is 5.91 Å². The summed E-state index contributed by atoms with van der Waals surface area (Å²) in [6, 6.07) is 4.80. The molecule has 29 heavy (non-hydrogen) atoms. The molecule has 6 nitrogen and oxygen atoms in total. The Kier molecular flexibility index (Phi) is 7.18. The summed E-state index contributed by atoms with van der Waals surface area (Å²) in [7, 11) is 0. The summed E-state index contributed by atoms with van der Waals surface area (Å²) >= 11 is 1.83. The van der Waals surface area contributed by atoms with Gasteiger partial charge in [0.2, 0.25) is 5.91 Å². The quantitative estimate of drug-likeness (QED) is 0.745. The number of alkyl halides is 3. The number of nitrogens with zero attached hydrogens (tertiary/aromatic N) is 1. The van der Waals surface area contributed by atoms with Crippen LogP contribution in [0.2, 0.25) is 0 Å². The second-order valence-electron chi connectivity index (χ2n) is 7.84. The molecule has 0 bridgehead atoms. The van der Waals surface area contributed by atoms with Gasteiger partial charge in [0, 0.05) is 37.0 Å². The highest BCUT2D eigenvalue weighted by molar-refractivity contribution is 7.09. The molecule has 0 radical (unpaired) electrons. The number of amides is 1. The van der Waals surface area contributed by atoms with E-state index in [1.807, 2.05) is 11.3 Å². The summed E-state index contributed by atoms with van der Waals surface area (Å²) in [5.74, 6) is -0.905. The highest BCUT2D eigenvalue weighted by Crippen LogP contribution is 2.36. The zero-order valence-electron chi connectivity index (χ0n) is 15.9. The third kappa shape index (κ3) is 6.68. The highest BCUT2D eigenvalue weighted by atomic mass is 32.1. The standard InChI is InChI=1S/C17H24N2O2S.C2HF3O2/c20-17(18-14-3-4-14)6-12-10-21-11-13-7-19(9-16(12)13)8-15-2-1-5-22-15;3-2(4,5)1(6)7/h1-2,5,12-14,16H,3-4,6-11H2,(H,18,20);(H,6,7)/t12-,13-,16+;/m1./s1. The number of carbonyl (C=O) groups is 2. The number of thiophene rings is 1. The minimum atomic E-state index is -5.08. The Hall–Kier alpha value is -1.65. The van der Waals surface area contributed by atoms with Crippen molar-refractivity contribution in [1.29, 1.82) is 0 Å². The number of fused-ring (bicyclic) bond motifs is 1. The molecule has 2 N–H and O–H groups in total. The molecule has 2 saturated heterocycles. The van der Waals surface area contributed by atoms with Crippen LogP contribution in [-0.2, 0) is 20.9 Å². The number of carbonyl (C=O) groups excluding carboxylic acids is 1. The van der Waals surface area contributed by atoms with E-state index >= 15 is 0 Å². The Morgan fingerprint density at radius 2 is 2.00 bits per heavy atom. The molecule has 3 aliphatic rings. The van der Waals surface area contributed by atoms with Gasteiger partial charge in [0.15, 0.2) is 0 Å². The Morgan fingerprint density at radius 3 is 2.59 bits per heavy atom. The average molecular weight is 434 g/mol. The van der Waals surface area contributed by atoms with Gasteiger partial charge >= 0.3 is 12.1 Å². The van der Waals surface area contributed by atoms with E-state index in [2.05, 4.69) is 27.7 Å². The van der Waals surface area contributed by atoms with Gasteiger partial charge in [-0.2, -0.15) is 13.2 Å². The number of halogens is 3. The SMILES string of the molecule is O=C(C[C@@H]1COC[C@H]2CN(Cc3cccs3)C[C@@H]12)NC1CC1.O=C(O)C(F)(F)F. The predicted octanol–water partition coefficient (Wildman–Crippen LogP) is 2.74. The fraction of sp³-hybridized carbons (Fsp3) is 0.684. The fourth-order valence-electron chi connectivity index (χ4n) is 3.91.